The highest BCUT2D eigenvalue weighted by Gasteiger charge is 2.34. The zero-order valence-electron chi connectivity index (χ0n) is 18.8. The molecule has 4 aromatic rings. The molecule has 32 heavy (non-hydrogen) atoms. The van der Waals surface area contributed by atoms with Crippen LogP contribution < -0.4 is 10.4 Å². The third kappa shape index (κ3) is 5.71. The Hall–Kier alpha value is -2.35. The second-order valence-electron chi connectivity index (χ2n) is 8.79. The normalized spacial score (nSPS) is 11.7. The number of hydrogen-bond donors (Lipinski definition) is 0. The van der Waals surface area contributed by atoms with Gasteiger partial charge in [0.05, 0.1) is 0 Å². The smallest absolute Gasteiger partial charge is 0.155 e. The van der Waals surface area contributed by atoms with Gasteiger partial charge in [0, 0.05) is 0 Å². The predicted octanol–water partition coefficient (Wildman–Crippen LogP) is 7.72. The van der Waals surface area contributed by atoms with Gasteiger partial charge in [-0.05, 0) is 45.6 Å². The van der Waals surface area contributed by atoms with Crippen molar-refractivity contribution in [2.45, 2.75) is 51.0 Å². The maximum atomic E-state index is 7.41. The molecule has 4 rings (SSSR count). The van der Waals surface area contributed by atoms with E-state index in [0.29, 0.717) is 0 Å². The summed E-state index contributed by atoms with van der Waals surface area (Å²) in [6, 6.07) is 38.1. The van der Waals surface area contributed by atoms with Crippen molar-refractivity contribution in [3.05, 3.63) is 109 Å². The second-order valence-corrected chi connectivity index (χ2v) is 14.0. The van der Waals surface area contributed by atoms with Gasteiger partial charge in [0.2, 0.25) is 7.38 Å². The van der Waals surface area contributed by atoms with Crippen LogP contribution in [0.1, 0.15) is 44.1 Å². The molecule has 164 valence electrons. The van der Waals surface area contributed by atoms with Gasteiger partial charge < -0.3 is 0 Å². The van der Waals surface area contributed by atoms with Crippen LogP contribution in [0.3, 0.4) is 0 Å². The van der Waals surface area contributed by atoms with Crippen molar-refractivity contribution in [3.8, 4) is 0 Å². The number of fused-ring (bicyclic) bond motifs is 1. The molecular weight excluding hydrogens is 424 g/mol. The lowest BCUT2D eigenvalue weighted by Crippen LogP contribution is -2.53. The summed E-state index contributed by atoms with van der Waals surface area (Å²) < 4.78 is 0. The Morgan fingerprint density at radius 3 is 1.72 bits per heavy atom. The predicted molar refractivity (Wildman–Crippen MR) is 144 cm³/mol. The van der Waals surface area contributed by atoms with Crippen molar-refractivity contribution in [1.29, 1.82) is 0 Å². The molecule has 0 atom stereocenters. The van der Waals surface area contributed by atoms with Crippen LogP contribution in [0.4, 0.5) is 0 Å². The summed E-state index contributed by atoms with van der Waals surface area (Å²) in [6.07, 6.45) is 8.87. The Morgan fingerprint density at radius 1 is 0.500 bits per heavy atom. The summed E-state index contributed by atoms with van der Waals surface area (Å²) in [6.45, 7) is 0. The first kappa shape index (κ1) is 22.8. The van der Waals surface area contributed by atoms with Crippen molar-refractivity contribution in [2.24, 2.45) is 0 Å². The molecule has 2 heteroatoms. The fourth-order valence-corrected chi connectivity index (χ4v) is 9.01. The van der Waals surface area contributed by atoms with Gasteiger partial charge in [-0.25, -0.2) is 0 Å². The van der Waals surface area contributed by atoms with Crippen molar-refractivity contribution < 1.29 is 0 Å². The highest BCUT2D eigenvalue weighted by Crippen LogP contribution is 2.22. The van der Waals surface area contributed by atoms with Crippen LogP contribution in [0.5, 0.6) is 0 Å². The van der Waals surface area contributed by atoms with E-state index < -0.39 is 7.38 Å². The molecule has 0 nitrogen and oxygen atoms in total. The van der Waals surface area contributed by atoms with Gasteiger partial charge in [0.1, 0.15) is 0 Å². The third-order valence-corrected chi connectivity index (χ3v) is 12.0. The largest absolute Gasteiger partial charge is 0.217 e. The molecule has 0 aliphatic heterocycles. The first-order valence-corrected chi connectivity index (χ1v) is 15.3. The first-order valence-electron chi connectivity index (χ1n) is 12.0. The SMILES string of the molecule is Cl[Si](CCCCCCCCc1cccc2ccccc12)(c1ccccc1)c1ccccc1. The molecule has 0 fully saturated rings. The van der Waals surface area contributed by atoms with Crippen molar-refractivity contribution >= 4 is 39.6 Å². The number of hydrogen-bond acceptors (Lipinski definition) is 0. The van der Waals surface area contributed by atoms with E-state index in [1.807, 2.05) is 0 Å². The topological polar surface area (TPSA) is 0 Å². The van der Waals surface area contributed by atoms with E-state index in [2.05, 4.69) is 103 Å². The quantitative estimate of drug-likeness (QED) is 0.123. The highest BCUT2D eigenvalue weighted by atomic mass is 35.6. The lowest BCUT2D eigenvalue weighted by Gasteiger charge is -2.25. The van der Waals surface area contributed by atoms with Gasteiger partial charge in [0.15, 0.2) is 0 Å². The van der Waals surface area contributed by atoms with Crippen LogP contribution in [0, 0.1) is 0 Å². The van der Waals surface area contributed by atoms with Gasteiger partial charge in [-0.15, -0.1) is 0 Å². The van der Waals surface area contributed by atoms with Crippen molar-refractivity contribution in [3.63, 3.8) is 0 Å². The summed E-state index contributed by atoms with van der Waals surface area (Å²) in [5, 5.41) is 5.45. The molecule has 0 saturated carbocycles. The summed E-state index contributed by atoms with van der Waals surface area (Å²) in [7, 11) is -2.17. The van der Waals surface area contributed by atoms with E-state index >= 15 is 0 Å². The Labute approximate surface area is 199 Å². The van der Waals surface area contributed by atoms with Gasteiger partial charge in [-0.3, -0.25) is 0 Å². The minimum atomic E-state index is -2.17. The summed E-state index contributed by atoms with van der Waals surface area (Å²) in [4.78, 5) is 0. The average Bonchev–Trinajstić information content (AvgIpc) is 2.86. The maximum Gasteiger partial charge on any atom is 0.217 e. The Bertz CT molecular complexity index is 1050. The van der Waals surface area contributed by atoms with Gasteiger partial charge in [0.25, 0.3) is 0 Å². The average molecular weight is 457 g/mol. The standard InChI is InChI=1S/C30H33ClSi/c31-32(28-20-8-5-9-21-28,29-22-10-6-11-23-29)25-14-4-2-1-3-7-16-26-18-15-19-27-17-12-13-24-30(26)27/h5-6,8-13,15,17-24H,1-4,7,14,16,25H2. The fraction of sp³-hybridized carbons (Fsp3) is 0.267. The van der Waals surface area contributed by atoms with Crippen LogP contribution in [-0.2, 0) is 6.42 Å². The minimum absolute atomic E-state index is 1.11. The zero-order chi connectivity index (χ0) is 22.1. The number of aryl methyl sites for hydroxylation is 1. The van der Waals surface area contributed by atoms with E-state index in [1.165, 1.54) is 71.7 Å². The maximum absolute atomic E-state index is 7.41. The van der Waals surface area contributed by atoms with E-state index in [-0.39, 0.29) is 0 Å². The van der Waals surface area contributed by atoms with E-state index in [9.17, 15) is 0 Å². The second kappa shape index (κ2) is 11.5. The molecule has 0 bridgehead atoms. The van der Waals surface area contributed by atoms with E-state index in [1.54, 1.807) is 0 Å². The van der Waals surface area contributed by atoms with E-state index in [0.717, 1.165) is 6.04 Å². The Kier molecular flexibility index (Phi) is 8.20. The molecular formula is C30H33ClSi. The first-order chi connectivity index (χ1) is 15.8. The van der Waals surface area contributed by atoms with Crippen molar-refractivity contribution in [2.75, 3.05) is 0 Å². The Morgan fingerprint density at radius 2 is 1.03 bits per heavy atom. The molecule has 0 aromatic heterocycles. The zero-order valence-corrected chi connectivity index (χ0v) is 20.6. The monoisotopic (exact) mass is 456 g/mol. The molecule has 0 spiro atoms. The molecule has 0 unspecified atom stereocenters. The summed E-state index contributed by atoms with van der Waals surface area (Å²) in [5.41, 5.74) is 1.49. The fourth-order valence-electron chi connectivity index (χ4n) is 4.76. The highest BCUT2D eigenvalue weighted by molar-refractivity contribution is 7.34. The number of rotatable bonds is 11. The number of unbranched alkanes of at least 4 members (excludes halogenated alkanes) is 5. The lowest BCUT2D eigenvalue weighted by atomic mass is 9.99. The molecule has 4 aromatic carbocycles. The molecule has 0 aliphatic carbocycles. The van der Waals surface area contributed by atoms with Crippen molar-refractivity contribution in [1.82, 2.24) is 0 Å². The van der Waals surface area contributed by atoms with Crippen LogP contribution in [-0.4, -0.2) is 7.38 Å². The Balaban J connectivity index is 1.23. The summed E-state index contributed by atoms with van der Waals surface area (Å²) >= 11 is 7.41. The molecule has 0 radical (unpaired) electrons. The lowest BCUT2D eigenvalue weighted by molar-refractivity contribution is 0.607. The van der Waals surface area contributed by atoms with Crippen LogP contribution in [0.15, 0.2) is 103 Å². The van der Waals surface area contributed by atoms with Crippen LogP contribution in [0.25, 0.3) is 10.8 Å². The van der Waals surface area contributed by atoms with Gasteiger partial charge in [-0.2, -0.15) is 11.1 Å². The minimum Gasteiger partial charge on any atom is -0.155 e. The molecule has 0 heterocycles. The molecule has 0 amide bonds. The summed E-state index contributed by atoms with van der Waals surface area (Å²) in [5.74, 6) is 0. The van der Waals surface area contributed by atoms with E-state index in [4.69, 9.17) is 11.1 Å². The molecule has 0 aliphatic rings. The molecule has 0 saturated heterocycles. The van der Waals surface area contributed by atoms with Gasteiger partial charge >= 0.3 is 0 Å². The third-order valence-electron chi connectivity index (χ3n) is 6.56. The molecule has 0 N–H and O–H groups in total. The van der Waals surface area contributed by atoms with Crippen LogP contribution >= 0.6 is 11.1 Å². The number of halogens is 1. The van der Waals surface area contributed by atoms with Crippen LogP contribution in [0.2, 0.25) is 6.04 Å². The number of benzene rings is 4. The van der Waals surface area contributed by atoms with Gasteiger partial charge in [-0.1, -0.05) is 135 Å².